The van der Waals surface area contributed by atoms with Crippen LogP contribution in [0.4, 0.5) is 5.82 Å². The molecule has 0 bridgehead atoms. The largest absolute Gasteiger partial charge is 0.388 e. The molecule has 2 aromatic rings. The summed E-state index contributed by atoms with van der Waals surface area (Å²) >= 11 is 6.14. The van der Waals surface area contributed by atoms with Crippen LogP contribution in [-0.4, -0.2) is 56.5 Å². The number of imidazole rings is 1. The Morgan fingerprint density at radius 3 is 2.92 bits per heavy atom. The first-order valence-electron chi connectivity index (χ1n) is 8.80. The molecule has 8 nitrogen and oxygen atoms in total. The summed E-state index contributed by atoms with van der Waals surface area (Å²) in [4.78, 5) is 13.1. The monoisotopic (exact) mass is 366 g/mol. The third-order valence-electron chi connectivity index (χ3n) is 4.96. The van der Waals surface area contributed by atoms with Gasteiger partial charge in [0.2, 0.25) is 5.28 Å². The van der Waals surface area contributed by atoms with Crippen molar-refractivity contribution in [2.75, 3.05) is 18.9 Å². The van der Waals surface area contributed by atoms with Gasteiger partial charge in [0, 0.05) is 19.0 Å². The van der Waals surface area contributed by atoms with Crippen LogP contribution in [0.2, 0.25) is 5.28 Å². The molecule has 0 aromatic carbocycles. The van der Waals surface area contributed by atoms with Crippen molar-refractivity contribution >= 4 is 28.6 Å². The van der Waals surface area contributed by atoms with E-state index in [2.05, 4.69) is 25.6 Å². The Bertz CT molecular complexity index is 748. The van der Waals surface area contributed by atoms with E-state index in [1.165, 1.54) is 12.8 Å². The van der Waals surface area contributed by atoms with Crippen LogP contribution < -0.4 is 10.6 Å². The van der Waals surface area contributed by atoms with Crippen molar-refractivity contribution in [2.24, 2.45) is 0 Å². The van der Waals surface area contributed by atoms with Gasteiger partial charge in [0.05, 0.1) is 12.4 Å². The van der Waals surface area contributed by atoms with Gasteiger partial charge in [0.1, 0.15) is 6.10 Å². The van der Waals surface area contributed by atoms with Crippen molar-refractivity contribution in [3.63, 3.8) is 0 Å². The lowest BCUT2D eigenvalue weighted by molar-refractivity contribution is -0.0337. The number of rotatable bonds is 5. The van der Waals surface area contributed by atoms with Gasteiger partial charge in [-0.3, -0.25) is 4.57 Å². The number of aliphatic hydroxyl groups excluding tert-OH is 1. The van der Waals surface area contributed by atoms with Gasteiger partial charge in [-0.2, -0.15) is 9.97 Å². The van der Waals surface area contributed by atoms with Gasteiger partial charge in [0.15, 0.2) is 23.2 Å². The first-order valence-corrected chi connectivity index (χ1v) is 9.18. The minimum atomic E-state index is -0.615. The van der Waals surface area contributed by atoms with Crippen molar-refractivity contribution in [2.45, 2.75) is 56.6 Å². The fourth-order valence-corrected chi connectivity index (χ4v) is 3.94. The maximum Gasteiger partial charge on any atom is 0.226 e. The quantitative estimate of drug-likeness (QED) is 0.693. The van der Waals surface area contributed by atoms with Gasteiger partial charge in [-0.25, -0.2) is 4.98 Å². The van der Waals surface area contributed by atoms with E-state index in [-0.39, 0.29) is 11.4 Å². The summed E-state index contributed by atoms with van der Waals surface area (Å²) in [6.07, 6.45) is 5.73. The Kier molecular flexibility index (Phi) is 4.77. The van der Waals surface area contributed by atoms with E-state index >= 15 is 0 Å². The minimum Gasteiger partial charge on any atom is -0.388 e. The van der Waals surface area contributed by atoms with Gasteiger partial charge in [0.25, 0.3) is 0 Å². The predicted octanol–water partition coefficient (Wildman–Crippen LogP) is 1.70. The second kappa shape index (κ2) is 7.03. The third-order valence-corrected chi connectivity index (χ3v) is 5.13. The normalized spacial score (nSPS) is 27.4. The molecule has 9 heteroatoms. The van der Waals surface area contributed by atoms with Crippen LogP contribution in [0.25, 0.3) is 11.2 Å². The van der Waals surface area contributed by atoms with Gasteiger partial charge in [-0.05, 0) is 31.5 Å². The SMILES string of the molecule is CNC[C@@H]1C[C@@H](O)C(n2cnc3c(NC4CCCC4)nc(Cl)nc32)O1. The van der Waals surface area contributed by atoms with E-state index in [4.69, 9.17) is 16.3 Å². The summed E-state index contributed by atoms with van der Waals surface area (Å²) in [7, 11) is 1.86. The van der Waals surface area contributed by atoms with E-state index in [1.54, 1.807) is 10.9 Å². The maximum absolute atomic E-state index is 10.4. The van der Waals surface area contributed by atoms with Crippen molar-refractivity contribution in [1.82, 2.24) is 24.8 Å². The van der Waals surface area contributed by atoms with Gasteiger partial charge >= 0.3 is 0 Å². The van der Waals surface area contributed by atoms with Gasteiger partial charge in [-0.1, -0.05) is 12.8 Å². The molecule has 2 fully saturated rings. The molecule has 1 aliphatic carbocycles. The molecular formula is C16H23ClN6O2. The lowest BCUT2D eigenvalue weighted by atomic mass is 10.2. The van der Waals surface area contributed by atoms with Crippen LogP contribution in [0.3, 0.4) is 0 Å². The molecule has 1 aliphatic heterocycles. The van der Waals surface area contributed by atoms with Crippen molar-refractivity contribution in [3.05, 3.63) is 11.6 Å². The van der Waals surface area contributed by atoms with E-state index < -0.39 is 12.3 Å². The summed E-state index contributed by atoms with van der Waals surface area (Å²) in [5.74, 6) is 0.653. The molecular weight excluding hydrogens is 344 g/mol. The Morgan fingerprint density at radius 2 is 2.16 bits per heavy atom. The average Bonchev–Trinajstić information content (AvgIpc) is 3.28. The first kappa shape index (κ1) is 17.0. The number of likely N-dealkylation sites (N-methyl/N-ethyl adjacent to an activating group) is 1. The molecule has 1 unspecified atom stereocenters. The molecule has 25 heavy (non-hydrogen) atoms. The van der Waals surface area contributed by atoms with Crippen LogP contribution >= 0.6 is 11.6 Å². The average molecular weight is 367 g/mol. The number of nitrogens with one attached hydrogen (secondary N) is 2. The van der Waals surface area contributed by atoms with E-state index in [9.17, 15) is 5.11 Å². The van der Waals surface area contributed by atoms with Gasteiger partial charge < -0.3 is 20.5 Å². The molecule has 0 amide bonds. The van der Waals surface area contributed by atoms with Crippen LogP contribution in [0.1, 0.15) is 38.3 Å². The Morgan fingerprint density at radius 1 is 1.36 bits per heavy atom. The number of nitrogens with zero attached hydrogens (tertiary/aromatic N) is 4. The number of halogens is 1. The second-order valence-electron chi connectivity index (χ2n) is 6.80. The van der Waals surface area contributed by atoms with Gasteiger partial charge in [-0.15, -0.1) is 0 Å². The Labute approximate surface area is 151 Å². The van der Waals surface area contributed by atoms with Crippen LogP contribution in [0.15, 0.2) is 6.33 Å². The number of ether oxygens (including phenoxy) is 1. The van der Waals surface area contributed by atoms with Crippen molar-refractivity contribution in [3.8, 4) is 0 Å². The summed E-state index contributed by atoms with van der Waals surface area (Å²) in [6.45, 7) is 0.685. The smallest absolute Gasteiger partial charge is 0.226 e. The molecule has 3 atom stereocenters. The molecule has 3 heterocycles. The highest BCUT2D eigenvalue weighted by atomic mass is 35.5. The van der Waals surface area contributed by atoms with Crippen LogP contribution in [0.5, 0.6) is 0 Å². The topological polar surface area (TPSA) is 97.1 Å². The molecule has 4 rings (SSSR count). The number of aromatic nitrogens is 4. The zero-order valence-electron chi connectivity index (χ0n) is 14.2. The van der Waals surface area contributed by atoms with E-state index in [0.717, 1.165) is 12.8 Å². The summed E-state index contributed by atoms with van der Waals surface area (Å²) in [6, 6.07) is 0.396. The number of aliphatic hydroxyl groups is 1. The zero-order valence-corrected chi connectivity index (χ0v) is 14.9. The standard InChI is InChI=1S/C16H23ClN6O2/c1-18-7-10-6-11(24)15(25-10)23-8-19-12-13(20-9-4-2-3-5-9)21-16(17)22-14(12)23/h8-11,15,18,24H,2-7H2,1H3,(H,20,21,22)/t10-,11+,15?/m0/s1. The van der Waals surface area contributed by atoms with Crippen LogP contribution in [-0.2, 0) is 4.74 Å². The summed E-state index contributed by atoms with van der Waals surface area (Å²) < 4.78 is 7.72. The van der Waals surface area contributed by atoms with E-state index in [1.807, 2.05) is 7.05 Å². The fraction of sp³-hybridized carbons (Fsp3) is 0.688. The summed E-state index contributed by atoms with van der Waals surface area (Å²) in [5.41, 5.74) is 1.24. The van der Waals surface area contributed by atoms with Crippen LogP contribution in [0, 0.1) is 0 Å². The fourth-order valence-electron chi connectivity index (χ4n) is 3.78. The minimum absolute atomic E-state index is 0.0455. The number of fused-ring (bicyclic) bond motifs is 1. The molecule has 2 aromatic heterocycles. The molecule has 1 saturated carbocycles. The number of hydrogen-bond acceptors (Lipinski definition) is 7. The van der Waals surface area contributed by atoms with Crippen molar-refractivity contribution in [1.29, 1.82) is 0 Å². The molecule has 0 spiro atoms. The van der Waals surface area contributed by atoms with E-state index in [0.29, 0.717) is 36.0 Å². The zero-order chi connectivity index (χ0) is 17.4. The Balaban J connectivity index is 1.65. The Hall–Kier alpha value is -1.48. The molecule has 0 radical (unpaired) electrons. The summed E-state index contributed by atoms with van der Waals surface area (Å²) in [5, 5.41) is 17.1. The lowest BCUT2D eigenvalue weighted by Crippen LogP contribution is -2.23. The first-order chi connectivity index (χ1) is 12.2. The number of hydrogen-bond donors (Lipinski definition) is 3. The molecule has 3 N–H and O–H groups in total. The molecule has 1 saturated heterocycles. The number of anilines is 1. The highest BCUT2D eigenvalue weighted by molar-refractivity contribution is 6.28. The lowest BCUT2D eigenvalue weighted by Gasteiger charge is -2.17. The maximum atomic E-state index is 10.4. The highest BCUT2D eigenvalue weighted by Gasteiger charge is 2.36. The predicted molar refractivity (Wildman–Crippen MR) is 94.7 cm³/mol. The highest BCUT2D eigenvalue weighted by Crippen LogP contribution is 2.33. The molecule has 2 aliphatic rings. The van der Waals surface area contributed by atoms with Crippen molar-refractivity contribution < 1.29 is 9.84 Å². The third kappa shape index (κ3) is 3.31. The molecule has 136 valence electrons. The second-order valence-corrected chi connectivity index (χ2v) is 7.14.